The van der Waals surface area contributed by atoms with Crippen molar-refractivity contribution in [3.8, 4) is 105 Å². The summed E-state index contributed by atoms with van der Waals surface area (Å²) in [6.45, 7) is 0. The zero-order valence-corrected chi connectivity index (χ0v) is 42.6. The molecule has 12 aromatic rings. The van der Waals surface area contributed by atoms with Crippen molar-refractivity contribution < 1.29 is 0 Å². The van der Waals surface area contributed by atoms with Crippen LogP contribution in [0, 0.1) is 49.4 Å². The zero-order valence-electron chi connectivity index (χ0n) is 42.6. The molecular formula is C76H48N2. The average Bonchev–Trinajstić information content (AvgIpc) is 3.52. The number of hydrogen-bond acceptors (Lipinski definition) is 2. The van der Waals surface area contributed by atoms with Crippen LogP contribution in [0.3, 0.4) is 0 Å². The SMILES string of the molecule is C#Cc1cccc(-c2cccc3c(N(c4ccccc4)c4ccc(-c5ccc(N(c6ccccc6)c6ccc(-c7ccccc7)c7c(-c8ccccc8)cccc67)cc5)cc4)ccc(-c4cccc(C#C)c4C#C)c23)c1C#C. The van der Waals surface area contributed by atoms with Crippen molar-refractivity contribution in [2.45, 2.75) is 0 Å². The Bertz CT molecular complexity index is 4250. The summed E-state index contributed by atoms with van der Waals surface area (Å²) in [5, 5.41) is 4.32. The van der Waals surface area contributed by atoms with Crippen LogP contribution in [0.2, 0.25) is 0 Å². The van der Waals surface area contributed by atoms with Crippen molar-refractivity contribution in [3.05, 3.63) is 289 Å². The third-order valence-corrected chi connectivity index (χ3v) is 14.6. The predicted octanol–water partition coefficient (Wildman–Crippen LogP) is 19.2. The molecule has 0 saturated carbocycles. The van der Waals surface area contributed by atoms with E-state index in [9.17, 15) is 0 Å². The summed E-state index contributed by atoms with van der Waals surface area (Å²) in [7, 11) is 0. The normalized spacial score (nSPS) is 10.8. The van der Waals surface area contributed by atoms with Gasteiger partial charge in [-0.25, -0.2) is 0 Å². The van der Waals surface area contributed by atoms with Gasteiger partial charge in [0.05, 0.1) is 11.4 Å². The maximum Gasteiger partial charge on any atom is 0.0540 e. The lowest BCUT2D eigenvalue weighted by atomic mass is 9.86. The number of terminal acetylenes is 4. The van der Waals surface area contributed by atoms with Gasteiger partial charge >= 0.3 is 0 Å². The molecular weight excluding hydrogens is 941 g/mol. The highest BCUT2D eigenvalue weighted by Gasteiger charge is 2.24. The first-order valence-corrected chi connectivity index (χ1v) is 25.8. The largest absolute Gasteiger partial charge is 0.310 e. The lowest BCUT2D eigenvalue weighted by Crippen LogP contribution is -2.11. The first-order chi connectivity index (χ1) is 38.6. The van der Waals surface area contributed by atoms with Gasteiger partial charge in [-0.05, 0) is 139 Å². The second kappa shape index (κ2) is 21.1. The maximum absolute atomic E-state index is 6.25. The molecule has 0 unspecified atom stereocenters. The third kappa shape index (κ3) is 8.69. The summed E-state index contributed by atoms with van der Waals surface area (Å²) < 4.78 is 0. The molecule has 0 bridgehead atoms. The van der Waals surface area contributed by atoms with E-state index < -0.39 is 0 Å². The minimum atomic E-state index is 0.651. The number of nitrogens with zero attached hydrogens (tertiary/aromatic N) is 2. The van der Waals surface area contributed by atoms with Gasteiger partial charge in [-0.2, -0.15) is 0 Å². The highest BCUT2D eigenvalue weighted by molar-refractivity contribution is 6.15. The van der Waals surface area contributed by atoms with Gasteiger partial charge in [-0.3, -0.25) is 0 Å². The van der Waals surface area contributed by atoms with E-state index in [4.69, 9.17) is 25.7 Å². The van der Waals surface area contributed by atoms with Crippen molar-refractivity contribution >= 4 is 55.7 Å². The molecule has 0 fully saturated rings. The van der Waals surface area contributed by atoms with E-state index in [0.717, 1.165) is 83.7 Å². The van der Waals surface area contributed by atoms with Crippen LogP contribution in [-0.4, -0.2) is 0 Å². The predicted molar refractivity (Wildman–Crippen MR) is 330 cm³/mol. The fourth-order valence-corrected chi connectivity index (χ4v) is 11.1. The third-order valence-electron chi connectivity index (χ3n) is 14.6. The first-order valence-electron chi connectivity index (χ1n) is 25.8. The molecule has 2 nitrogen and oxygen atoms in total. The standard InChI is InChI=1S/C76H48N2/c1-5-53-29-21-36-67(63(53)7-3)69-38-24-40-72-74(52-50-70(76(69)72)68-37-22-30-54(6-2)64(68)8-4)78(60-33-19-12-20-34-60)62-47-43-56(44-48-62)55-41-45-61(46-42-55)77(59-31-17-11-18-32-59)73-51-49-66(58-27-15-10-16-28-58)75-65(35-23-39-71(73)75)57-25-13-9-14-26-57/h1-4,9-52H. The quantitative estimate of drug-likeness (QED) is 0.119. The Labute approximate surface area is 457 Å². The molecule has 362 valence electrons. The Morgan fingerprint density at radius 1 is 0.231 bits per heavy atom. The van der Waals surface area contributed by atoms with Crippen molar-refractivity contribution in [1.82, 2.24) is 0 Å². The van der Waals surface area contributed by atoms with Gasteiger partial charge in [0, 0.05) is 55.8 Å². The summed E-state index contributed by atoms with van der Waals surface area (Å²) >= 11 is 0. The molecule has 0 radical (unpaired) electrons. The summed E-state index contributed by atoms with van der Waals surface area (Å²) in [6, 6.07) is 93.8. The van der Waals surface area contributed by atoms with Gasteiger partial charge in [0.25, 0.3) is 0 Å². The first kappa shape index (κ1) is 48.0. The highest BCUT2D eigenvalue weighted by Crippen LogP contribution is 2.48. The monoisotopic (exact) mass is 988 g/mol. The van der Waals surface area contributed by atoms with E-state index in [2.05, 4.69) is 258 Å². The molecule has 2 heteroatoms. The molecule has 0 saturated heterocycles. The summed E-state index contributed by atoms with van der Waals surface area (Å²) in [5.41, 5.74) is 19.2. The molecule has 0 aromatic heterocycles. The van der Waals surface area contributed by atoms with Gasteiger partial charge in [-0.15, -0.1) is 25.7 Å². The minimum Gasteiger partial charge on any atom is -0.310 e. The van der Waals surface area contributed by atoms with Gasteiger partial charge in [-0.1, -0.05) is 218 Å². The van der Waals surface area contributed by atoms with E-state index in [-0.39, 0.29) is 0 Å². The van der Waals surface area contributed by atoms with E-state index in [1.165, 1.54) is 27.6 Å². The van der Waals surface area contributed by atoms with Gasteiger partial charge in [0.1, 0.15) is 0 Å². The van der Waals surface area contributed by atoms with Crippen molar-refractivity contribution in [1.29, 1.82) is 0 Å². The molecule has 0 aliphatic rings. The Morgan fingerprint density at radius 3 is 0.987 bits per heavy atom. The fourth-order valence-electron chi connectivity index (χ4n) is 11.1. The van der Waals surface area contributed by atoms with Crippen molar-refractivity contribution in [3.63, 3.8) is 0 Å². The van der Waals surface area contributed by atoms with E-state index in [0.29, 0.717) is 22.3 Å². The number of rotatable bonds is 11. The van der Waals surface area contributed by atoms with E-state index in [1.54, 1.807) is 0 Å². The molecule has 0 N–H and O–H groups in total. The van der Waals surface area contributed by atoms with Crippen LogP contribution in [0.1, 0.15) is 22.3 Å². The Kier molecular flexibility index (Phi) is 13.0. The number of benzene rings is 12. The van der Waals surface area contributed by atoms with Gasteiger partial charge in [0.15, 0.2) is 0 Å². The molecule has 78 heavy (non-hydrogen) atoms. The van der Waals surface area contributed by atoms with Crippen LogP contribution < -0.4 is 9.80 Å². The van der Waals surface area contributed by atoms with Crippen LogP contribution in [0.5, 0.6) is 0 Å². The minimum absolute atomic E-state index is 0.651. The highest BCUT2D eigenvalue weighted by atomic mass is 15.1. The topological polar surface area (TPSA) is 6.48 Å². The summed E-state index contributed by atoms with van der Waals surface area (Å²) in [5.74, 6) is 11.5. The summed E-state index contributed by atoms with van der Waals surface area (Å²) in [4.78, 5) is 4.67. The van der Waals surface area contributed by atoms with Crippen LogP contribution in [-0.2, 0) is 0 Å². The van der Waals surface area contributed by atoms with Crippen molar-refractivity contribution in [2.75, 3.05) is 9.80 Å². The number of para-hydroxylation sites is 2. The molecule has 0 atom stereocenters. The Morgan fingerprint density at radius 2 is 0.564 bits per heavy atom. The number of fused-ring (bicyclic) bond motifs is 2. The molecule has 0 aliphatic heterocycles. The van der Waals surface area contributed by atoms with Crippen LogP contribution in [0.15, 0.2) is 267 Å². The Hall–Kier alpha value is -11.0. The van der Waals surface area contributed by atoms with E-state index in [1.807, 2.05) is 42.5 Å². The Balaban J connectivity index is 0.971. The molecule has 12 aromatic carbocycles. The van der Waals surface area contributed by atoms with Crippen LogP contribution >= 0.6 is 0 Å². The van der Waals surface area contributed by atoms with Crippen LogP contribution in [0.25, 0.3) is 77.2 Å². The average molecular weight is 989 g/mol. The molecule has 0 spiro atoms. The summed E-state index contributed by atoms with van der Waals surface area (Å²) in [6.07, 6.45) is 24.6. The molecule has 12 rings (SSSR count). The molecule has 0 heterocycles. The fraction of sp³-hybridized carbons (Fsp3) is 0. The molecule has 0 aliphatic carbocycles. The van der Waals surface area contributed by atoms with E-state index >= 15 is 0 Å². The number of hydrogen-bond donors (Lipinski definition) is 0. The second-order valence-electron chi connectivity index (χ2n) is 18.9. The van der Waals surface area contributed by atoms with Gasteiger partial charge in [0.2, 0.25) is 0 Å². The smallest absolute Gasteiger partial charge is 0.0540 e. The zero-order chi connectivity index (χ0) is 53.0. The maximum atomic E-state index is 6.25. The molecule has 0 amide bonds. The number of anilines is 6. The van der Waals surface area contributed by atoms with Gasteiger partial charge < -0.3 is 9.80 Å². The lowest BCUT2D eigenvalue weighted by Gasteiger charge is -2.29. The lowest BCUT2D eigenvalue weighted by molar-refractivity contribution is 1.29. The van der Waals surface area contributed by atoms with Crippen molar-refractivity contribution in [2.24, 2.45) is 0 Å². The van der Waals surface area contributed by atoms with Crippen LogP contribution in [0.4, 0.5) is 34.1 Å². The second-order valence-corrected chi connectivity index (χ2v) is 18.9.